The number of hydrogen-bond donors (Lipinski definition) is 2. The summed E-state index contributed by atoms with van der Waals surface area (Å²) in [6.07, 6.45) is 4.98. The van der Waals surface area contributed by atoms with Gasteiger partial charge in [0.2, 0.25) is 17.7 Å². The smallest absolute Gasteiger partial charge is 0.246 e. The third kappa shape index (κ3) is 3.26. The second kappa shape index (κ2) is 6.92. The molecule has 164 valence electrons. The third-order valence-corrected chi connectivity index (χ3v) is 6.61. The first-order valence-corrected chi connectivity index (χ1v) is 11.0. The molecule has 2 saturated heterocycles. The van der Waals surface area contributed by atoms with Crippen LogP contribution in [0.3, 0.4) is 0 Å². The molecule has 0 aromatic heterocycles. The minimum Gasteiger partial charge on any atom is -0.359 e. The molecular weight excluding hydrogens is 394 g/mol. The van der Waals surface area contributed by atoms with Crippen molar-refractivity contribution < 1.29 is 19.1 Å². The Morgan fingerprint density at radius 1 is 1.16 bits per heavy atom. The normalized spacial score (nSPS) is 33.5. The minimum atomic E-state index is -1.07. The maximum Gasteiger partial charge on any atom is 0.246 e. The molecule has 2 N–H and O–H groups in total. The van der Waals surface area contributed by atoms with Crippen LogP contribution in [0.4, 0.5) is 0 Å². The molecule has 1 spiro atoms. The molecule has 1 aromatic carbocycles. The largest absolute Gasteiger partial charge is 0.359 e. The average molecular weight is 424 g/mol. The van der Waals surface area contributed by atoms with Gasteiger partial charge in [0.1, 0.15) is 11.6 Å². The van der Waals surface area contributed by atoms with E-state index in [0.29, 0.717) is 6.54 Å². The molecule has 1 aromatic rings. The van der Waals surface area contributed by atoms with Crippen LogP contribution >= 0.6 is 0 Å². The van der Waals surface area contributed by atoms with Gasteiger partial charge in [0.25, 0.3) is 0 Å². The van der Waals surface area contributed by atoms with Crippen LogP contribution in [0.5, 0.6) is 0 Å². The van der Waals surface area contributed by atoms with Gasteiger partial charge in [-0.3, -0.25) is 14.4 Å². The van der Waals surface area contributed by atoms with Crippen molar-refractivity contribution in [3.05, 3.63) is 48.0 Å². The molecule has 1 saturated carbocycles. The highest BCUT2D eigenvalue weighted by atomic mass is 16.5. The van der Waals surface area contributed by atoms with Gasteiger partial charge < -0.3 is 20.3 Å². The van der Waals surface area contributed by atoms with Crippen LogP contribution in [0, 0.1) is 11.8 Å². The topological polar surface area (TPSA) is 87.7 Å². The molecule has 0 unspecified atom stereocenters. The molecule has 0 radical (unpaired) electrons. The zero-order valence-electron chi connectivity index (χ0n) is 18.1. The molecular formula is C24H29N3O4. The number of carbonyl (C=O) groups is 3. The first-order valence-electron chi connectivity index (χ1n) is 11.0. The van der Waals surface area contributed by atoms with Crippen LogP contribution in [0.25, 0.3) is 0 Å². The fourth-order valence-electron chi connectivity index (χ4n) is 5.29. The molecule has 1 aliphatic carbocycles. The summed E-state index contributed by atoms with van der Waals surface area (Å²) in [5.74, 6) is -1.86. The van der Waals surface area contributed by atoms with E-state index in [2.05, 4.69) is 10.6 Å². The highest BCUT2D eigenvalue weighted by molar-refractivity contribution is 6.00. The van der Waals surface area contributed by atoms with Crippen molar-refractivity contribution in [2.75, 3.05) is 0 Å². The Kier molecular flexibility index (Phi) is 4.52. The summed E-state index contributed by atoms with van der Waals surface area (Å²) in [7, 11) is 0. The molecule has 5 atom stereocenters. The summed E-state index contributed by atoms with van der Waals surface area (Å²) in [5.41, 5.74) is -0.518. The van der Waals surface area contributed by atoms with Crippen molar-refractivity contribution in [1.29, 1.82) is 0 Å². The van der Waals surface area contributed by atoms with E-state index < -0.39 is 35.1 Å². The molecule has 3 heterocycles. The lowest BCUT2D eigenvalue weighted by atomic mass is 9.74. The van der Waals surface area contributed by atoms with Gasteiger partial charge in [0.05, 0.1) is 17.9 Å². The number of nitrogens with zero attached hydrogens (tertiary/aromatic N) is 1. The van der Waals surface area contributed by atoms with Crippen molar-refractivity contribution in [2.45, 2.75) is 69.5 Å². The van der Waals surface area contributed by atoms with Gasteiger partial charge in [-0.15, -0.1) is 0 Å². The Hall–Kier alpha value is -2.67. The van der Waals surface area contributed by atoms with E-state index in [4.69, 9.17) is 4.74 Å². The Labute approximate surface area is 182 Å². The SMILES string of the molecule is CC(C)(C)NC(=O)[C@@H]1N(C2CC2)C(=O)[C@H]2[C@@H](C(=O)NCc3ccccc3)[C@H]3C=C[C@]12O3. The molecule has 31 heavy (non-hydrogen) atoms. The lowest BCUT2D eigenvalue weighted by Crippen LogP contribution is -2.58. The molecule has 7 nitrogen and oxygen atoms in total. The van der Waals surface area contributed by atoms with E-state index in [-0.39, 0.29) is 23.8 Å². The molecule has 4 aliphatic rings. The predicted molar refractivity (Wildman–Crippen MR) is 114 cm³/mol. The fraction of sp³-hybridized carbons (Fsp3) is 0.542. The molecule has 3 amide bonds. The minimum absolute atomic E-state index is 0.0484. The number of nitrogens with one attached hydrogen (secondary N) is 2. The Balaban J connectivity index is 1.43. The zero-order chi connectivity index (χ0) is 22.0. The number of carbonyl (C=O) groups excluding carboxylic acids is 3. The van der Waals surface area contributed by atoms with Crippen molar-refractivity contribution in [3.8, 4) is 0 Å². The number of ether oxygens (including phenoxy) is 1. The molecule has 5 rings (SSSR count). The molecule has 2 bridgehead atoms. The highest BCUT2D eigenvalue weighted by Crippen LogP contribution is 2.57. The van der Waals surface area contributed by atoms with Crippen LogP contribution in [0.1, 0.15) is 39.2 Å². The van der Waals surface area contributed by atoms with Gasteiger partial charge in [-0.2, -0.15) is 0 Å². The quantitative estimate of drug-likeness (QED) is 0.703. The number of benzene rings is 1. The number of rotatable bonds is 5. The fourth-order valence-corrected chi connectivity index (χ4v) is 5.29. The maximum atomic E-state index is 13.6. The first kappa shape index (κ1) is 20.2. The third-order valence-electron chi connectivity index (χ3n) is 6.61. The average Bonchev–Trinajstić information content (AvgIpc) is 3.31. The number of likely N-dealkylation sites (tertiary alicyclic amines) is 1. The lowest BCUT2D eigenvalue weighted by molar-refractivity contribution is -0.143. The van der Waals surface area contributed by atoms with Crippen LogP contribution in [-0.2, 0) is 25.7 Å². The van der Waals surface area contributed by atoms with Crippen LogP contribution in [-0.4, -0.2) is 51.9 Å². The van der Waals surface area contributed by atoms with Crippen LogP contribution < -0.4 is 10.6 Å². The summed E-state index contributed by atoms with van der Waals surface area (Å²) in [6, 6.07) is 8.97. The van der Waals surface area contributed by atoms with E-state index in [1.807, 2.05) is 63.3 Å². The van der Waals surface area contributed by atoms with Crippen LogP contribution in [0.2, 0.25) is 0 Å². The van der Waals surface area contributed by atoms with E-state index in [1.165, 1.54) is 0 Å². The van der Waals surface area contributed by atoms with Gasteiger partial charge in [-0.05, 0) is 39.2 Å². The second-order valence-electron chi connectivity index (χ2n) is 10.1. The second-order valence-corrected chi connectivity index (χ2v) is 10.1. The predicted octanol–water partition coefficient (Wildman–Crippen LogP) is 1.53. The van der Waals surface area contributed by atoms with Gasteiger partial charge in [-0.25, -0.2) is 0 Å². The van der Waals surface area contributed by atoms with E-state index in [9.17, 15) is 14.4 Å². The van der Waals surface area contributed by atoms with E-state index >= 15 is 0 Å². The summed E-state index contributed by atoms with van der Waals surface area (Å²) < 4.78 is 6.30. The van der Waals surface area contributed by atoms with Gasteiger partial charge in [0.15, 0.2) is 0 Å². The Morgan fingerprint density at radius 3 is 2.52 bits per heavy atom. The number of hydrogen-bond acceptors (Lipinski definition) is 4. The van der Waals surface area contributed by atoms with Gasteiger partial charge >= 0.3 is 0 Å². The van der Waals surface area contributed by atoms with Crippen molar-refractivity contribution in [1.82, 2.24) is 15.5 Å². The van der Waals surface area contributed by atoms with Crippen molar-refractivity contribution >= 4 is 17.7 Å². The summed E-state index contributed by atoms with van der Waals surface area (Å²) in [6.45, 7) is 6.14. The first-order chi connectivity index (χ1) is 14.7. The van der Waals surface area contributed by atoms with Gasteiger partial charge in [0, 0.05) is 18.1 Å². The monoisotopic (exact) mass is 423 g/mol. The van der Waals surface area contributed by atoms with E-state index in [0.717, 1.165) is 18.4 Å². The van der Waals surface area contributed by atoms with Crippen molar-refractivity contribution in [3.63, 3.8) is 0 Å². The molecule has 7 heteroatoms. The molecule has 3 aliphatic heterocycles. The highest BCUT2D eigenvalue weighted by Gasteiger charge is 2.74. The van der Waals surface area contributed by atoms with Gasteiger partial charge in [-0.1, -0.05) is 42.5 Å². The molecule has 3 fully saturated rings. The maximum absolute atomic E-state index is 13.6. The Bertz CT molecular complexity index is 949. The Morgan fingerprint density at radius 2 is 1.87 bits per heavy atom. The number of amides is 3. The summed E-state index contributed by atoms with van der Waals surface area (Å²) in [4.78, 5) is 41.8. The number of fused-ring (bicyclic) bond motifs is 1. The summed E-state index contributed by atoms with van der Waals surface area (Å²) >= 11 is 0. The standard InChI is InChI=1S/C24H29N3O4/c1-23(2,3)26-21(29)19-24-12-11-16(31-24)17(18(24)22(30)27(19)15-9-10-15)20(28)25-13-14-7-5-4-6-8-14/h4-8,11-12,15-19H,9-10,13H2,1-3H3,(H,25,28)(H,26,29)/t16-,17+,18-,19+,24-/m1/s1. The van der Waals surface area contributed by atoms with E-state index in [1.54, 1.807) is 4.90 Å². The summed E-state index contributed by atoms with van der Waals surface area (Å²) in [5, 5.41) is 6.00. The van der Waals surface area contributed by atoms with Crippen molar-refractivity contribution in [2.24, 2.45) is 11.8 Å². The zero-order valence-corrected chi connectivity index (χ0v) is 18.1. The lowest BCUT2D eigenvalue weighted by Gasteiger charge is -2.34. The van der Waals surface area contributed by atoms with Crippen LogP contribution in [0.15, 0.2) is 42.5 Å².